The van der Waals surface area contributed by atoms with Gasteiger partial charge in [0.2, 0.25) is 0 Å². The number of benzene rings is 1. The van der Waals surface area contributed by atoms with E-state index in [2.05, 4.69) is 20.9 Å². The molecule has 0 spiro atoms. The summed E-state index contributed by atoms with van der Waals surface area (Å²) in [4.78, 5) is 18.5. The van der Waals surface area contributed by atoms with Crippen LogP contribution in [0.2, 0.25) is 0 Å². The maximum Gasteiger partial charge on any atom is 0.273 e. The van der Waals surface area contributed by atoms with Gasteiger partial charge >= 0.3 is 0 Å². The lowest BCUT2D eigenvalue weighted by Gasteiger charge is -2.22. The second kappa shape index (κ2) is 5.43. The molecule has 5 heteroatoms. The van der Waals surface area contributed by atoms with Gasteiger partial charge in [0.1, 0.15) is 5.69 Å². The quantitative estimate of drug-likeness (QED) is 0.852. The van der Waals surface area contributed by atoms with Gasteiger partial charge in [-0.05, 0) is 24.5 Å². The summed E-state index contributed by atoms with van der Waals surface area (Å²) in [7, 11) is 0. The van der Waals surface area contributed by atoms with E-state index in [1.54, 1.807) is 5.51 Å². The Bertz CT molecular complexity index is 581. The van der Waals surface area contributed by atoms with Crippen LogP contribution in [-0.4, -0.2) is 21.8 Å². The fraction of sp³-hybridized carbons (Fsp3) is 0.286. The second-order valence-electron chi connectivity index (χ2n) is 4.63. The highest BCUT2D eigenvalue weighted by molar-refractivity contribution is 9.10. The number of aromatic nitrogens is 1. The molecule has 0 N–H and O–H groups in total. The third-order valence-electron chi connectivity index (χ3n) is 3.20. The maximum atomic E-state index is 12.5. The van der Waals surface area contributed by atoms with Crippen molar-refractivity contribution >= 4 is 33.2 Å². The van der Waals surface area contributed by atoms with E-state index in [1.807, 2.05) is 34.5 Å². The van der Waals surface area contributed by atoms with E-state index < -0.39 is 0 Å². The Kier molecular flexibility index (Phi) is 3.66. The molecule has 3 nitrogen and oxygen atoms in total. The fourth-order valence-electron chi connectivity index (χ4n) is 2.03. The standard InChI is InChI=1S/C14H13BrN2OS/c15-12-4-2-1-3-10(12)7-17(11-5-6-11)14(18)13-8-19-9-16-13/h1-4,8-9,11H,5-7H2. The van der Waals surface area contributed by atoms with Crippen molar-refractivity contribution < 1.29 is 4.79 Å². The molecule has 0 radical (unpaired) electrons. The van der Waals surface area contributed by atoms with Crippen LogP contribution in [0.3, 0.4) is 0 Å². The number of hydrogen-bond acceptors (Lipinski definition) is 3. The van der Waals surface area contributed by atoms with Crippen LogP contribution >= 0.6 is 27.3 Å². The lowest BCUT2D eigenvalue weighted by molar-refractivity contribution is 0.0724. The smallest absolute Gasteiger partial charge is 0.273 e. The Morgan fingerprint density at radius 2 is 2.21 bits per heavy atom. The number of halogens is 1. The molecule has 1 saturated carbocycles. The minimum atomic E-state index is 0.0412. The van der Waals surface area contributed by atoms with E-state index >= 15 is 0 Å². The lowest BCUT2D eigenvalue weighted by atomic mass is 10.2. The molecule has 98 valence electrons. The number of amides is 1. The summed E-state index contributed by atoms with van der Waals surface area (Å²) in [5, 5.41) is 1.82. The maximum absolute atomic E-state index is 12.5. The molecule has 0 aliphatic heterocycles. The predicted octanol–water partition coefficient (Wildman–Crippen LogP) is 3.71. The molecule has 0 atom stereocenters. The first-order valence-corrected chi connectivity index (χ1v) is 7.92. The SMILES string of the molecule is O=C(c1cscn1)N(Cc1ccccc1Br)C1CC1. The van der Waals surface area contributed by atoms with Gasteiger partial charge in [-0.2, -0.15) is 0 Å². The van der Waals surface area contributed by atoms with Crippen molar-refractivity contribution in [3.63, 3.8) is 0 Å². The Balaban J connectivity index is 1.82. The first-order chi connectivity index (χ1) is 9.25. The summed E-state index contributed by atoms with van der Waals surface area (Å²) in [5.41, 5.74) is 3.40. The van der Waals surface area contributed by atoms with Gasteiger partial charge in [0.25, 0.3) is 5.91 Å². The van der Waals surface area contributed by atoms with Crippen LogP contribution in [0.25, 0.3) is 0 Å². The third-order valence-corrected chi connectivity index (χ3v) is 4.56. The Morgan fingerprint density at radius 3 is 2.84 bits per heavy atom. The highest BCUT2D eigenvalue weighted by Crippen LogP contribution is 2.31. The van der Waals surface area contributed by atoms with Gasteiger partial charge in [0, 0.05) is 22.4 Å². The van der Waals surface area contributed by atoms with Gasteiger partial charge in [-0.3, -0.25) is 4.79 Å². The van der Waals surface area contributed by atoms with Gasteiger partial charge in [0.15, 0.2) is 0 Å². The monoisotopic (exact) mass is 336 g/mol. The highest BCUT2D eigenvalue weighted by Gasteiger charge is 2.33. The van der Waals surface area contributed by atoms with E-state index in [4.69, 9.17) is 0 Å². The summed E-state index contributed by atoms with van der Waals surface area (Å²) >= 11 is 5.00. The number of carbonyl (C=O) groups excluding carboxylic acids is 1. The van der Waals surface area contributed by atoms with Crippen LogP contribution in [-0.2, 0) is 6.54 Å². The van der Waals surface area contributed by atoms with E-state index in [-0.39, 0.29) is 5.91 Å². The van der Waals surface area contributed by atoms with Gasteiger partial charge in [-0.15, -0.1) is 11.3 Å². The average Bonchev–Trinajstić information content (AvgIpc) is 3.11. The van der Waals surface area contributed by atoms with E-state index in [0.29, 0.717) is 18.3 Å². The molecule has 1 aliphatic carbocycles. The van der Waals surface area contributed by atoms with Crippen LogP contribution in [0.4, 0.5) is 0 Å². The molecule has 1 aromatic carbocycles. The fourth-order valence-corrected chi connectivity index (χ4v) is 2.96. The van der Waals surface area contributed by atoms with Crippen LogP contribution in [0, 0.1) is 0 Å². The van der Waals surface area contributed by atoms with Crippen molar-refractivity contribution in [2.24, 2.45) is 0 Å². The van der Waals surface area contributed by atoms with E-state index in [0.717, 1.165) is 22.9 Å². The average molecular weight is 337 g/mol. The number of carbonyl (C=O) groups is 1. The molecule has 0 unspecified atom stereocenters. The second-order valence-corrected chi connectivity index (χ2v) is 6.20. The summed E-state index contributed by atoms with van der Waals surface area (Å²) < 4.78 is 1.05. The molecule has 1 aromatic heterocycles. The van der Waals surface area contributed by atoms with Crippen molar-refractivity contribution in [1.29, 1.82) is 0 Å². The zero-order valence-electron chi connectivity index (χ0n) is 10.3. The molecule has 3 rings (SSSR count). The molecule has 1 fully saturated rings. The van der Waals surface area contributed by atoms with Gasteiger partial charge < -0.3 is 4.90 Å². The minimum absolute atomic E-state index is 0.0412. The molecule has 1 amide bonds. The predicted molar refractivity (Wildman–Crippen MR) is 79.2 cm³/mol. The summed E-state index contributed by atoms with van der Waals surface area (Å²) in [5.74, 6) is 0.0412. The lowest BCUT2D eigenvalue weighted by Crippen LogP contribution is -2.32. The molecular weight excluding hydrogens is 324 g/mol. The molecule has 0 bridgehead atoms. The van der Waals surface area contributed by atoms with Crippen molar-refractivity contribution in [3.8, 4) is 0 Å². The summed E-state index contributed by atoms with van der Waals surface area (Å²) in [6.07, 6.45) is 2.20. The van der Waals surface area contributed by atoms with Gasteiger partial charge in [-0.25, -0.2) is 4.98 Å². The number of rotatable bonds is 4. The topological polar surface area (TPSA) is 33.2 Å². The molecular formula is C14H13BrN2OS. The molecule has 1 aliphatic rings. The third kappa shape index (κ3) is 2.87. The van der Waals surface area contributed by atoms with Crippen LogP contribution < -0.4 is 0 Å². The molecule has 1 heterocycles. The van der Waals surface area contributed by atoms with Gasteiger partial charge in [-0.1, -0.05) is 34.1 Å². The highest BCUT2D eigenvalue weighted by atomic mass is 79.9. The summed E-state index contributed by atoms with van der Waals surface area (Å²) in [6, 6.07) is 8.42. The molecule has 19 heavy (non-hydrogen) atoms. The van der Waals surface area contributed by atoms with Crippen molar-refractivity contribution in [2.45, 2.75) is 25.4 Å². The number of hydrogen-bond donors (Lipinski definition) is 0. The van der Waals surface area contributed by atoms with E-state index in [1.165, 1.54) is 11.3 Å². The van der Waals surface area contributed by atoms with Crippen LogP contribution in [0.5, 0.6) is 0 Å². The van der Waals surface area contributed by atoms with Crippen molar-refractivity contribution in [3.05, 3.63) is 50.9 Å². The Morgan fingerprint density at radius 1 is 1.42 bits per heavy atom. The first-order valence-electron chi connectivity index (χ1n) is 6.18. The summed E-state index contributed by atoms with van der Waals surface area (Å²) in [6.45, 7) is 0.641. The number of thiazole rings is 1. The van der Waals surface area contributed by atoms with Crippen molar-refractivity contribution in [2.75, 3.05) is 0 Å². The zero-order chi connectivity index (χ0) is 13.2. The molecule has 2 aromatic rings. The largest absolute Gasteiger partial charge is 0.330 e. The minimum Gasteiger partial charge on any atom is -0.330 e. The van der Waals surface area contributed by atoms with Crippen LogP contribution in [0.1, 0.15) is 28.9 Å². The first kappa shape index (κ1) is 12.8. The van der Waals surface area contributed by atoms with Crippen molar-refractivity contribution in [1.82, 2.24) is 9.88 Å². The normalized spacial score (nSPS) is 14.4. The Labute approximate surface area is 124 Å². The van der Waals surface area contributed by atoms with Gasteiger partial charge in [0.05, 0.1) is 5.51 Å². The molecule has 0 saturated heterocycles. The Hall–Kier alpha value is -1.20. The van der Waals surface area contributed by atoms with E-state index in [9.17, 15) is 4.79 Å². The number of nitrogens with zero attached hydrogens (tertiary/aromatic N) is 2. The zero-order valence-corrected chi connectivity index (χ0v) is 12.7. The van der Waals surface area contributed by atoms with Crippen LogP contribution in [0.15, 0.2) is 39.6 Å².